The van der Waals surface area contributed by atoms with E-state index in [1.807, 2.05) is 0 Å². The molecular formula is C24H32N2. The first-order valence-electron chi connectivity index (χ1n) is 10.2. The normalized spacial score (nSPS) is 24.7. The Morgan fingerprint density at radius 1 is 1.00 bits per heavy atom. The Balaban J connectivity index is 1.26. The predicted octanol–water partition coefficient (Wildman–Crippen LogP) is 4.96. The van der Waals surface area contributed by atoms with Crippen molar-refractivity contribution in [3.63, 3.8) is 0 Å². The Hall–Kier alpha value is -1.64. The van der Waals surface area contributed by atoms with E-state index in [2.05, 4.69) is 79.1 Å². The summed E-state index contributed by atoms with van der Waals surface area (Å²) in [7, 11) is 0. The van der Waals surface area contributed by atoms with Gasteiger partial charge in [-0.15, -0.1) is 0 Å². The van der Waals surface area contributed by atoms with Crippen molar-refractivity contribution in [3.8, 4) is 0 Å². The van der Waals surface area contributed by atoms with E-state index in [1.165, 1.54) is 42.4 Å². The van der Waals surface area contributed by atoms with Gasteiger partial charge in [0.1, 0.15) is 0 Å². The van der Waals surface area contributed by atoms with Crippen molar-refractivity contribution in [2.45, 2.75) is 57.5 Å². The highest BCUT2D eigenvalue weighted by Crippen LogP contribution is 2.44. The molecule has 2 nitrogen and oxygen atoms in total. The van der Waals surface area contributed by atoms with Crippen molar-refractivity contribution in [2.24, 2.45) is 5.41 Å². The van der Waals surface area contributed by atoms with Crippen molar-refractivity contribution in [1.82, 2.24) is 10.6 Å². The lowest BCUT2D eigenvalue weighted by Gasteiger charge is -2.43. The number of benzene rings is 2. The summed E-state index contributed by atoms with van der Waals surface area (Å²) in [5.74, 6) is 0.729. The van der Waals surface area contributed by atoms with Crippen LogP contribution >= 0.6 is 0 Å². The number of rotatable bonds is 8. The highest BCUT2D eigenvalue weighted by atomic mass is 15.0. The average Bonchev–Trinajstić information content (AvgIpc) is 3.41. The zero-order chi connectivity index (χ0) is 18.0. The van der Waals surface area contributed by atoms with Crippen LogP contribution in [0.1, 0.15) is 61.3 Å². The molecule has 0 aliphatic heterocycles. The molecule has 0 spiro atoms. The quantitative estimate of drug-likeness (QED) is 0.704. The standard InChI is InChI=1S/C24H32N2/c1-18-9-11-20(12-10-18)19(2)25-16-24(13-6-14-24)17-26-23-15-22(23)21-7-4-3-5-8-21/h3-5,7-12,19,22-23,25-26H,6,13-17H2,1-2H3/t19?,22?,23-/m0/s1. The third-order valence-corrected chi connectivity index (χ3v) is 6.53. The smallest absolute Gasteiger partial charge is 0.0292 e. The second-order valence-corrected chi connectivity index (χ2v) is 8.61. The molecule has 0 saturated heterocycles. The fourth-order valence-electron chi connectivity index (χ4n) is 4.27. The SMILES string of the molecule is Cc1ccc(C(C)NCC2(CN[C@H]3CC3c3ccccc3)CCC2)cc1. The van der Waals surface area contributed by atoms with Crippen LogP contribution in [-0.2, 0) is 0 Å². The number of aryl methyl sites for hydroxylation is 1. The molecule has 0 amide bonds. The number of hydrogen-bond acceptors (Lipinski definition) is 2. The molecule has 2 aliphatic carbocycles. The molecule has 2 heteroatoms. The molecule has 2 unspecified atom stereocenters. The Bertz CT molecular complexity index is 703. The molecule has 2 aromatic rings. The Labute approximate surface area is 158 Å². The van der Waals surface area contributed by atoms with E-state index in [1.54, 1.807) is 0 Å². The molecule has 2 aromatic carbocycles. The molecule has 0 radical (unpaired) electrons. The summed E-state index contributed by atoms with van der Waals surface area (Å²) in [6, 6.07) is 21.0. The molecule has 2 saturated carbocycles. The molecule has 2 aliphatic rings. The van der Waals surface area contributed by atoms with Crippen LogP contribution in [0, 0.1) is 12.3 Å². The summed E-state index contributed by atoms with van der Waals surface area (Å²) in [6.45, 7) is 6.72. The summed E-state index contributed by atoms with van der Waals surface area (Å²) in [4.78, 5) is 0. The van der Waals surface area contributed by atoms with Gasteiger partial charge in [-0.2, -0.15) is 0 Å². The van der Waals surface area contributed by atoms with E-state index in [0.717, 1.165) is 19.0 Å². The molecule has 4 rings (SSSR count). The predicted molar refractivity (Wildman–Crippen MR) is 109 cm³/mol. The van der Waals surface area contributed by atoms with Crippen LogP contribution in [-0.4, -0.2) is 19.1 Å². The molecule has 0 bridgehead atoms. The van der Waals surface area contributed by atoms with E-state index in [9.17, 15) is 0 Å². The first-order chi connectivity index (χ1) is 12.7. The molecule has 2 N–H and O–H groups in total. The minimum absolute atomic E-state index is 0.422. The van der Waals surface area contributed by atoms with E-state index in [4.69, 9.17) is 0 Å². The van der Waals surface area contributed by atoms with Gasteiger partial charge in [0.2, 0.25) is 0 Å². The molecule has 26 heavy (non-hydrogen) atoms. The molecule has 3 atom stereocenters. The molecule has 138 valence electrons. The first-order valence-corrected chi connectivity index (χ1v) is 10.2. The van der Waals surface area contributed by atoms with Gasteiger partial charge in [-0.3, -0.25) is 0 Å². The maximum atomic E-state index is 3.88. The molecule has 0 heterocycles. The van der Waals surface area contributed by atoms with Crippen molar-refractivity contribution < 1.29 is 0 Å². The van der Waals surface area contributed by atoms with Gasteiger partial charge >= 0.3 is 0 Å². The third-order valence-electron chi connectivity index (χ3n) is 6.53. The van der Waals surface area contributed by atoms with Gasteiger partial charge < -0.3 is 10.6 Å². The van der Waals surface area contributed by atoms with Crippen LogP contribution in [0.15, 0.2) is 54.6 Å². The molecular weight excluding hydrogens is 316 g/mol. The summed E-state index contributed by atoms with van der Waals surface area (Å²) in [6.07, 6.45) is 5.40. The lowest BCUT2D eigenvalue weighted by molar-refractivity contribution is 0.122. The third kappa shape index (κ3) is 4.02. The van der Waals surface area contributed by atoms with Gasteiger partial charge in [-0.1, -0.05) is 66.6 Å². The first kappa shape index (κ1) is 17.8. The van der Waals surface area contributed by atoms with E-state index in [0.29, 0.717) is 17.5 Å². The van der Waals surface area contributed by atoms with Gasteiger partial charge in [0.15, 0.2) is 0 Å². The Morgan fingerprint density at radius 3 is 2.38 bits per heavy atom. The topological polar surface area (TPSA) is 24.1 Å². The minimum Gasteiger partial charge on any atom is -0.313 e. The van der Waals surface area contributed by atoms with Crippen LogP contribution in [0.5, 0.6) is 0 Å². The number of hydrogen-bond donors (Lipinski definition) is 2. The molecule has 0 aromatic heterocycles. The van der Waals surface area contributed by atoms with Gasteiger partial charge in [-0.25, -0.2) is 0 Å². The maximum Gasteiger partial charge on any atom is 0.0292 e. The molecule has 2 fully saturated rings. The average molecular weight is 349 g/mol. The van der Waals surface area contributed by atoms with Crippen molar-refractivity contribution >= 4 is 0 Å². The van der Waals surface area contributed by atoms with Crippen molar-refractivity contribution in [3.05, 3.63) is 71.3 Å². The second-order valence-electron chi connectivity index (χ2n) is 8.61. The fraction of sp³-hybridized carbons (Fsp3) is 0.500. The van der Waals surface area contributed by atoms with Gasteiger partial charge in [0.25, 0.3) is 0 Å². The van der Waals surface area contributed by atoms with Crippen molar-refractivity contribution in [2.75, 3.05) is 13.1 Å². The van der Waals surface area contributed by atoms with Crippen LogP contribution < -0.4 is 10.6 Å². The Kier molecular flexibility index (Phi) is 5.15. The van der Waals surface area contributed by atoms with Gasteiger partial charge in [-0.05, 0) is 49.7 Å². The monoisotopic (exact) mass is 348 g/mol. The lowest BCUT2D eigenvalue weighted by Crippen LogP contribution is -2.48. The van der Waals surface area contributed by atoms with Crippen LogP contribution in [0.3, 0.4) is 0 Å². The fourth-order valence-corrected chi connectivity index (χ4v) is 4.27. The van der Waals surface area contributed by atoms with E-state index < -0.39 is 0 Å². The van der Waals surface area contributed by atoms with Crippen LogP contribution in [0.25, 0.3) is 0 Å². The van der Waals surface area contributed by atoms with E-state index in [-0.39, 0.29) is 0 Å². The zero-order valence-corrected chi connectivity index (χ0v) is 16.2. The highest BCUT2D eigenvalue weighted by Gasteiger charge is 2.42. The maximum absolute atomic E-state index is 3.88. The van der Waals surface area contributed by atoms with Crippen LogP contribution in [0.4, 0.5) is 0 Å². The summed E-state index contributed by atoms with van der Waals surface area (Å²) < 4.78 is 0. The van der Waals surface area contributed by atoms with E-state index >= 15 is 0 Å². The highest BCUT2D eigenvalue weighted by molar-refractivity contribution is 5.28. The summed E-state index contributed by atoms with van der Waals surface area (Å²) >= 11 is 0. The van der Waals surface area contributed by atoms with Crippen molar-refractivity contribution in [1.29, 1.82) is 0 Å². The summed E-state index contributed by atoms with van der Waals surface area (Å²) in [5.41, 5.74) is 4.68. The zero-order valence-electron chi connectivity index (χ0n) is 16.2. The van der Waals surface area contributed by atoms with Gasteiger partial charge in [0.05, 0.1) is 0 Å². The lowest BCUT2D eigenvalue weighted by atomic mass is 9.68. The Morgan fingerprint density at radius 2 is 1.73 bits per heavy atom. The second kappa shape index (κ2) is 7.54. The minimum atomic E-state index is 0.422. The summed E-state index contributed by atoms with van der Waals surface area (Å²) in [5, 5.41) is 7.69. The number of nitrogens with one attached hydrogen (secondary N) is 2. The largest absolute Gasteiger partial charge is 0.313 e. The van der Waals surface area contributed by atoms with Crippen LogP contribution in [0.2, 0.25) is 0 Å². The van der Waals surface area contributed by atoms with Gasteiger partial charge in [0, 0.05) is 31.1 Å².